The second kappa shape index (κ2) is 11.7. The number of ether oxygens (including phenoxy) is 3. The average Bonchev–Trinajstić information content (AvgIpc) is 2.59. The number of hydrogen-bond acceptors (Lipinski definition) is 3. The van der Waals surface area contributed by atoms with Crippen LogP contribution in [0.5, 0.6) is 17.2 Å². The standard InChI is InChI=1S/C18H30N2O3.2ClH/c1-14(2)20-10-8-19(9-11-20)7-6-15-12-16(21-3)18(23-5)17(13-15)22-4;;/h12-14H,6-11H2,1-5H3;2*1H. The Hall–Kier alpha value is -0.880. The van der Waals surface area contributed by atoms with Gasteiger partial charge in [-0.25, -0.2) is 0 Å². The fourth-order valence-electron chi connectivity index (χ4n) is 3.35. The Labute approximate surface area is 164 Å². The van der Waals surface area contributed by atoms with E-state index in [1.807, 2.05) is 0 Å². The molecule has 1 aromatic rings. The van der Waals surface area contributed by atoms with Crippen LogP contribution < -0.4 is 48.8 Å². The predicted molar refractivity (Wildman–Crippen MR) is 91.2 cm³/mol. The zero-order chi connectivity index (χ0) is 16.8. The summed E-state index contributed by atoms with van der Waals surface area (Å²) in [6.45, 7) is 10.9. The van der Waals surface area contributed by atoms with Crippen LogP contribution in [0.3, 0.4) is 0 Å². The molecule has 1 aliphatic rings. The molecule has 0 atom stereocenters. The van der Waals surface area contributed by atoms with E-state index in [-0.39, 0.29) is 24.8 Å². The van der Waals surface area contributed by atoms with E-state index in [1.165, 1.54) is 31.7 Å². The molecule has 1 heterocycles. The topological polar surface area (TPSA) is 36.6 Å². The zero-order valence-electron chi connectivity index (χ0n) is 16.0. The minimum absolute atomic E-state index is 0. The van der Waals surface area contributed by atoms with Gasteiger partial charge in [0.1, 0.15) is 26.2 Å². The van der Waals surface area contributed by atoms with Gasteiger partial charge in [0.15, 0.2) is 11.5 Å². The van der Waals surface area contributed by atoms with Gasteiger partial charge in [-0.2, -0.15) is 0 Å². The van der Waals surface area contributed by atoms with Crippen molar-refractivity contribution in [1.29, 1.82) is 0 Å². The molecule has 2 N–H and O–H groups in total. The maximum Gasteiger partial charge on any atom is 0.203 e. The summed E-state index contributed by atoms with van der Waals surface area (Å²) >= 11 is 0. The van der Waals surface area contributed by atoms with Crippen molar-refractivity contribution in [3.63, 3.8) is 0 Å². The molecule has 0 unspecified atom stereocenters. The summed E-state index contributed by atoms with van der Waals surface area (Å²) in [4.78, 5) is 3.43. The lowest BCUT2D eigenvalue weighted by Crippen LogP contribution is -3.29. The number of methoxy groups -OCH3 is 3. The minimum Gasteiger partial charge on any atom is -1.00 e. The molecule has 1 fully saturated rings. The van der Waals surface area contributed by atoms with Crippen molar-refractivity contribution >= 4 is 0 Å². The van der Waals surface area contributed by atoms with Gasteiger partial charge in [0.05, 0.1) is 33.9 Å². The molecule has 0 radical (unpaired) electrons. The summed E-state index contributed by atoms with van der Waals surface area (Å²) in [5, 5.41) is 0. The lowest BCUT2D eigenvalue weighted by molar-refractivity contribution is -1.02. The average molecular weight is 395 g/mol. The van der Waals surface area contributed by atoms with Crippen LogP contribution in [0.25, 0.3) is 0 Å². The van der Waals surface area contributed by atoms with Gasteiger partial charge in [0.2, 0.25) is 5.75 Å². The Bertz CT molecular complexity index is 482. The van der Waals surface area contributed by atoms with Gasteiger partial charge >= 0.3 is 0 Å². The summed E-state index contributed by atoms with van der Waals surface area (Å²) in [5.41, 5.74) is 1.24. The van der Waals surface area contributed by atoms with Crippen molar-refractivity contribution in [1.82, 2.24) is 0 Å². The molecule has 0 spiro atoms. The van der Waals surface area contributed by atoms with Crippen LogP contribution >= 0.6 is 0 Å². The molecule has 0 bridgehead atoms. The normalized spacial score (nSPS) is 19.6. The number of quaternary nitrogens is 2. The first-order chi connectivity index (χ1) is 11.1. The quantitative estimate of drug-likeness (QED) is 0.482. The van der Waals surface area contributed by atoms with Gasteiger partial charge in [-0.3, -0.25) is 0 Å². The van der Waals surface area contributed by atoms with E-state index in [1.54, 1.807) is 31.1 Å². The van der Waals surface area contributed by atoms with Crippen LogP contribution in [0.1, 0.15) is 19.4 Å². The van der Waals surface area contributed by atoms with Crippen LogP contribution in [0.15, 0.2) is 12.1 Å². The van der Waals surface area contributed by atoms with Crippen molar-refractivity contribution in [3.8, 4) is 17.2 Å². The summed E-state index contributed by atoms with van der Waals surface area (Å²) < 4.78 is 16.3. The Morgan fingerprint density at radius 1 is 0.880 bits per heavy atom. The minimum atomic E-state index is 0. The third-order valence-electron chi connectivity index (χ3n) is 4.91. The number of benzene rings is 1. The molecule has 7 heteroatoms. The second-order valence-corrected chi connectivity index (χ2v) is 6.60. The van der Waals surface area contributed by atoms with Crippen LogP contribution in [0.4, 0.5) is 0 Å². The SMILES string of the molecule is COc1cc(CC[NH+]2CC[NH+](C(C)C)CC2)cc(OC)c1OC.[Cl-].[Cl-]. The first-order valence-electron chi connectivity index (χ1n) is 8.56. The molecular formula is C18H32Cl2N2O3. The molecule has 0 aromatic heterocycles. The van der Waals surface area contributed by atoms with E-state index >= 15 is 0 Å². The summed E-state index contributed by atoms with van der Waals surface area (Å²) in [5.74, 6) is 2.15. The fraction of sp³-hybridized carbons (Fsp3) is 0.667. The van der Waals surface area contributed by atoms with Gasteiger partial charge in [-0.05, 0) is 31.5 Å². The zero-order valence-corrected chi connectivity index (χ0v) is 17.5. The summed E-state index contributed by atoms with van der Waals surface area (Å²) in [7, 11) is 4.97. The van der Waals surface area contributed by atoms with Gasteiger partial charge in [-0.15, -0.1) is 0 Å². The molecule has 2 rings (SSSR count). The third kappa shape index (κ3) is 6.41. The number of rotatable bonds is 7. The molecule has 1 saturated heterocycles. The third-order valence-corrected chi connectivity index (χ3v) is 4.91. The monoisotopic (exact) mass is 394 g/mol. The second-order valence-electron chi connectivity index (χ2n) is 6.60. The molecule has 0 aliphatic carbocycles. The van der Waals surface area contributed by atoms with Gasteiger partial charge in [0, 0.05) is 6.42 Å². The molecule has 1 aromatic carbocycles. The number of halogens is 2. The molecule has 1 aliphatic heterocycles. The van der Waals surface area contributed by atoms with E-state index in [0.29, 0.717) is 5.75 Å². The molecule has 0 amide bonds. The lowest BCUT2D eigenvalue weighted by Gasteiger charge is -2.32. The first kappa shape index (κ1) is 24.1. The summed E-state index contributed by atoms with van der Waals surface area (Å²) in [6.07, 6.45) is 1.03. The van der Waals surface area contributed by atoms with Crippen LogP contribution in [-0.2, 0) is 6.42 Å². The van der Waals surface area contributed by atoms with Gasteiger partial charge in [0.25, 0.3) is 0 Å². The highest BCUT2D eigenvalue weighted by atomic mass is 35.5. The molecule has 146 valence electrons. The largest absolute Gasteiger partial charge is 1.00 e. The Morgan fingerprint density at radius 2 is 1.40 bits per heavy atom. The number of hydrogen-bond donors (Lipinski definition) is 2. The van der Waals surface area contributed by atoms with E-state index in [2.05, 4.69) is 26.0 Å². The smallest absolute Gasteiger partial charge is 0.203 e. The lowest BCUT2D eigenvalue weighted by atomic mass is 10.1. The number of nitrogens with one attached hydrogen (secondary N) is 2. The first-order valence-corrected chi connectivity index (χ1v) is 8.56. The highest BCUT2D eigenvalue weighted by Gasteiger charge is 2.24. The Morgan fingerprint density at radius 3 is 1.80 bits per heavy atom. The maximum absolute atomic E-state index is 5.44. The molecule has 0 saturated carbocycles. The van der Waals surface area contributed by atoms with E-state index < -0.39 is 0 Å². The predicted octanol–water partition coefficient (Wildman–Crippen LogP) is -6.55. The van der Waals surface area contributed by atoms with Crippen molar-refractivity contribution in [2.24, 2.45) is 0 Å². The molecular weight excluding hydrogens is 363 g/mol. The van der Waals surface area contributed by atoms with Gasteiger partial charge in [-0.1, -0.05) is 0 Å². The van der Waals surface area contributed by atoms with Crippen molar-refractivity contribution in [2.75, 3.05) is 54.1 Å². The summed E-state index contributed by atoms with van der Waals surface area (Å²) in [6, 6.07) is 4.87. The number of piperazine rings is 1. The fourth-order valence-corrected chi connectivity index (χ4v) is 3.35. The van der Waals surface area contributed by atoms with Crippen molar-refractivity contribution < 1.29 is 48.8 Å². The van der Waals surface area contributed by atoms with Crippen molar-refractivity contribution in [2.45, 2.75) is 26.3 Å². The van der Waals surface area contributed by atoms with E-state index in [0.717, 1.165) is 30.5 Å². The van der Waals surface area contributed by atoms with E-state index in [4.69, 9.17) is 14.2 Å². The van der Waals surface area contributed by atoms with E-state index in [9.17, 15) is 0 Å². The highest BCUT2D eigenvalue weighted by molar-refractivity contribution is 5.53. The highest BCUT2D eigenvalue weighted by Crippen LogP contribution is 2.38. The van der Waals surface area contributed by atoms with Crippen LogP contribution in [0, 0.1) is 0 Å². The molecule has 25 heavy (non-hydrogen) atoms. The van der Waals surface area contributed by atoms with Crippen LogP contribution in [0.2, 0.25) is 0 Å². The maximum atomic E-state index is 5.44. The Balaban J connectivity index is 0.00000288. The van der Waals surface area contributed by atoms with Crippen LogP contribution in [-0.4, -0.2) is 60.1 Å². The van der Waals surface area contributed by atoms with Gasteiger partial charge < -0.3 is 48.8 Å². The Kier molecular flexibility index (Phi) is 11.3. The molecule has 5 nitrogen and oxygen atoms in total. The van der Waals surface area contributed by atoms with Crippen molar-refractivity contribution in [3.05, 3.63) is 17.7 Å².